The van der Waals surface area contributed by atoms with E-state index in [2.05, 4.69) is 4.98 Å². The van der Waals surface area contributed by atoms with Gasteiger partial charge in [-0.1, -0.05) is 46.5 Å². The Kier molecular flexibility index (Phi) is 6.55. The highest BCUT2D eigenvalue weighted by molar-refractivity contribution is 6.42. The van der Waals surface area contributed by atoms with Crippen LogP contribution in [-0.2, 0) is 6.54 Å². The van der Waals surface area contributed by atoms with Crippen LogP contribution in [0.15, 0.2) is 48.8 Å². The van der Waals surface area contributed by atoms with E-state index in [0.29, 0.717) is 34.4 Å². The van der Waals surface area contributed by atoms with Crippen molar-refractivity contribution in [3.8, 4) is 0 Å². The summed E-state index contributed by atoms with van der Waals surface area (Å²) in [5.74, 6) is 0.237. The molecule has 1 N–H and O–H groups in total. The molecular formula is C22H22Cl2N2O2. The molecule has 0 bridgehead atoms. The van der Waals surface area contributed by atoms with Gasteiger partial charge in [0.05, 0.1) is 10.0 Å². The summed E-state index contributed by atoms with van der Waals surface area (Å²) in [5, 5.41) is 10.5. The molecular weight excluding hydrogens is 395 g/mol. The van der Waals surface area contributed by atoms with Crippen molar-refractivity contribution in [2.45, 2.75) is 32.7 Å². The van der Waals surface area contributed by atoms with Crippen LogP contribution in [0.25, 0.3) is 0 Å². The predicted octanol–water partition coefficient (Wildman–Crippen LogP) is 5.20. The molecule has 0 saturated carbocycles. The summed E-state index contributed by atoms with van der Waals surface area (Å²) < 4.78 is 1.84. The third-order valence-corrected chi connectivity index (χ3v) is 5.45. The highest BCUT2D eigenvalue weighted by Gasteiger charge is 2.20. The van der Waals surface area contributed by atoms with Gasteiger partial charge in [-0.15, -0.1) is 0 Å². The molecule has 4 nitrogen and oxygen atoms in total. The number of hydrogen-bond donors (Lipinski definition) is 1. The van der Waals surface area contributed by atoms with Crippen LogP contribution in [0.1, 0.15) is 45.2 Å². The fourth-order valence-electron chi connectivity index (χ4n) is 3.42. The molecule has 1 heterocycles. The molecule has 0 spiro atoms. The van der Waals surface area contributed by atoms with Crippen LogP contribution in [-0.4, -0.2) is 27.0 Å². The maximum absolute atomic E-state index is 13.0. The normalized spacial score (nSPS) is 12.2. The van der Waals surface area contributed by atoms with Gasteiger partial charge in [-0.05, 0) is 50.1 Å². The van der Waals surface area contributed by atoms with Crippen LogP contribution < -0.4 is 0 Å². The fourth-order valence-corrected chi connectivity index (χ4v) is 3.73. The van der Waals surface area contributed by atoms with Crippen molar-refractivity contribution in [1.29, 1.82) is 0 Å². The van der Waals surface area contributed by atoms with Gasteiger partial charge in [0.25, 0.3) is 0 Å². The Balaban J connectivity index is 1.90. The molecule has 0 fully saturated rings. The quantitative estimate of drug-likeness (QED) is 0.538. The van der Waals surface area contributed by atoms with Crippen molar-refractivity contribution in [3.05, 3.63) is 86.9 Å². The monoisotopic (exact) mass is 416 g/mol. The fraction of sp³-hybridized carbons (Fsp3) is 0.273. The molecule has 0 aliphatic heterocycles. The second-order valence-electron chi connectivity index (χ2n) is 6.99. The molecule has 0 amide bonds. The third-order valence-electron chi connectivity index (χ3n) is 4.71. The second kappa shape index (κ2) is 8.91. The summed E-state index contributed by atoms with van der Waals surface area (Å²) in [6.45, 7) is 4.47. The second-order valence-corrected chi connectivity index (χ2v) is 7.81. The van der Waals surface area contributed by atoms with Gasteiger partial charge in [-0.2, -0.15) is 0 Å². The molecule has 3 rings (SSSR count). The lowest BCUT2D eigenvalue weighted by molar-refractivity contribution is 0.102. The van der Waals surface area contributed by atoms with Crippen molar-refractivity contribution in [2.75, 3.05) is 6.61 Å². The van der Waals surface area contributed by atoms with E-state index < -0.39 is 0 Å². The average Bonchev–Trinajstić information content (AvgIpc) is 3.10. The first-order valence-corrected chi connectivity index (χ1v) is 9.84. The molecule has 1 unspecified atom stereocenters. The minimum Gasteiger partial charge on any atom is -0.396 e. The number of aliphatic hydroxyl groups excluding tert-OH is 1. The smallest absolute Gasteiger partial charge is 0.228 e. The number of ketones is 1. The van der Waals surface area contributed by atoms with Crippen molar-refractivity contribution in [2.24, 2.45) is 0 Å². The average molecular weight is 417 g/mol. The van der Waals surface area contributed by atoms with Crippen LogP contribution in [0, 0.1) is 13.8 Å². The van der Waals surface area contributed by atoms with E-state index in [0.717, 1.165) is 16.7 Å². The van der Waals surface area contributed by atoms with E-state index in [-0.39, 0.29) is 18.3 Å². The van der Waals surface area contributed by atoms with Crippen LogP contribution >= 0.6 is 23.2 Å². The molecule has 0 aliphatic carbocycles. The first kappa shape index (κ1) is 20.6. The first-order chi connectivity index (χ1) is 13.4. The van der Waals surface area contributed by atoms with Crippen LogP contribution in [0.4, 0.5) is 0 Å². The largest absolute Gasteiger partial charge is 0.396 e. The van der Waals surface area contributed by atoms with E-state index in [4.69, 9.17) is 23.2 Å². The molecule has 2 aromatic carbocycles. The molecule has 0 saturated heterocycles. The Morgan fingerprint density at radius 2 is 1.82 bits per heavy atom. The molecule has 6 heteroatoms. The minimum absolute atomic E-state index is 0.0277. The number of rotatable bonds is 7. The van der Waals surface area contributed by atoms with E-state index in [1.165, 1.54) is 0 Å². The zero-order valence-corrected chi connectivity index (χ0v) is 17.3. The zero-order chi connectivity index (χ0) is 20.3. The summed E-state index contributed by atoms with van der Waals surface area (Å²) in [4.78, 5) is 17.3. The molecule has 1 atom stereocenters. The number of carbonyl (C=O) groups excluding carboxylic acids is 1. The van der Waals surface area contributed by atoms with Gasteiger partial charge in [-0.3, -0.25) is 4.79 Å². The number of benzene rings is 2. The number of aryl methyl sites for hydroxylation is 2. The lowest BCUT2D eigenvalue weighted by Crippen LogP contribution is -2.17. The number of aromatic nitrogens is 2. The summed E-state index contributed by atoms with van der Waals surface area (Å²) >= 11 is 12.2. The van der Waals surface area contributed by atoms with Gasteiger partial charge >= 0.3 is 0 Å². The van der Waals surface area contributed by atoms with Gasteiger partial charge in [-0.25, -0.2) is 4.98 Å². The number of hydrogen-bond acceptors (Lipinski definition) is 3. The summed E-state index contributed by atoms with van der Waals surface area (Å²) in [6, 6.07) is 11.2. The predicted molar refractivity (Wildman–Crippen MR) is 112 cm³/mol. The first-order valence-electron chi connectivity index (χ1n) is 9.09. The van der Waals surface area contributed by atoms with E-state index in [1.54, 1.807) is 18.5 Å². The van der Waals surface area contributed by atoms with E-state index in [1.807, 2.05) is 48.7 Å². The van der Waals surface area contributed by atoms with Gasteiger partial charge in [0.1, 0.15) is 0 Å². The van der Waals surface area contributed by atoms with Crippen molar-refractivity contribution >= 4 is 29.0 Å². The minimum atomic E-state index is -0.117. The number of nitrogens with zero attached hydrogens (tertiary/aromatic N) is 2. The molecule has 3 aromatic rings. The lowest BCUT2D eigenvalue weighted by atomic mass is 9.95. The number of aliphatic hydroxyl groups is 1. The highest BCUT2D eigenvalue weighted by Crippen LogP contribution is 2.29. The van der Waals surface area contributed by atoms with Gasteiger partial charge in [0, 0.05) is 37.0 Å². The topological polar surface area (TPSA) is 55.1 Å². The Bertz CT molecular complexity index is 978. The van der Waals surface area contributed by atoms with Crippen LogP contribution in [0.2, 0.25) is 10.0 Å². The summed E-state index contributed by atoms with van der Waals surface area (Å²) in [5.41, 5.74) is 3.66. The van der Waals surface area contributed by atoms with Crippen molar-refractivity contribution < 1.29 is 9.90 Å². The Labute approximate surface area is 174 Å². The lowest BCUT2D eigenvalue weighted by Gasteiger charge is -2.19. The van der Waals surface area contributed by atoms with Crippen molar-refractivity contribution in [3.63, 3.8) is 0 Å². The molecule has 0 aliphatic rings. The third kappa shape index (κ3) is 4.64. The zero-order valence-electron chi connectivity index (χ0n) is 15.8. The molecule has 0 radical (unpaired) electrons. The SMILES string of the molecule is Cc1cc(C)cc(C(=O)c2nccn2CC(CCO)c2ccc(Cl)c(Cl)c2)c1. The highest BCUT2D eigenvalue weighted by atomic mass is 35.5. The standard InChI is InChI=1S/C22H22Cl2N2O2/c1-14-9-15(2)11-18(10-14)21(28)22-25-6-7-26(22)13-17(5-8-27)16-3-4-19(23)20(24)12-16/h3-4,6-7,9-12,17,27H,5,8,13H2,1-2H3. The van der Waals surface area contributed by atoms with Crippen LogP contribution in [0.5, 0.6) is 0 Å². The number of imidazole rings is 1. The van der Waals surface area contributed by atoms with E-state index in [9.17, 15) is 9.90 Å². The number of carbonyl (C=O) groups is 1. The Hall–Kier alpha value is -2.14. The summed E-state index contributed by atoms with van der Waals surface area (Å²) in [7, 11) is 0. The van der Waals surface area contributed by atoms with E-state index >= 15 is 0 Å². The van der Waals surface area contributed by atoms with Gasteiger partial charge < -0.3 is 9.67 Å². The van der Waals surface area contributed by atoms with Crippen LogP contribution in [0.3, 0.4) is 0 Å². The maximum atomic E-state index is 13.0. The summed E-state index contributed by atoms with van der Waals surface area (Å²) in [6.07, 6.45) is 3.95. The Morgan fingerprint density at radius 1 is 1.11 bits per heavy atom. The Morgan fingerprint density at radius 3 is 2.46 bits per heavy atom. The van der Waals surface area contributed by atoms with Gasteiger partial charge in [0.2, 0.25) is 5.78 Å². The maximum Gasteiger partial charge on any atom is 0.228 e. The molecule has 146 valence electrons. The molecule has 1 aromatic heterocycles. The molecule has 28 heavy (non-hydrogen) atoms. The number of halogens is 2. The van der Waals surface area contributed by atoms with Gasteiger partial charge in [0.15, 0.2) is 5.82 Å². The van der Waals surface area contributed by atoms with Crippen molar-refractivity contribution in [1.82, 2.24) is 9.55 Å².